The van der Waals surface area contributed by atoms with Crippen LogP contribution in [-0.2, 0) is 4.74 Å². The summed E-state index contributed by atoms with van der Waals surface area (Å²) in [5.41, 5.74) is 0.172. The van der Waals surface area contributed by atoms with Gasteiger partial charge in [0.15, 0.2) is 6.20 Å². The summed E-state index contributed by atoms with van der Waals surface area (Å²) < 4.78 is 5.14. The fourth-order valence-electron chi connectivity index (χ4n) is 1.53. The summed E-state index contributed by atoms with van der Waals surface area (Å²) in [6.45, 7) is 8.43. The van der Waals surface area contributed by atoms with Crippen LogP contribution in [0.1, 0.15) is 27.7 Å². The van der Waals surface area contributed by atoms with Crippen molar-refractivity contribution in [3.8, 4) is 0 Å². The summed E-state index contributed by atoms with van der Waals surface area (Å²) in [6.07, 6.45) is 0.961. The summed E-state index contributed by atoms with van der Waals surface area (Å²) >= 11 is 0. The number of hydrogen-bond donors (Lipinski definition) is 2. The van der Waals surface area contributed by atoms with Crippen LogP contribution in [0.4, 0.5) is 16.3 Å². The van der Waals surface area contributed by atoms with Crippen molar-refractivity contribution in [1.29, 1.82) is 0 Å². The quantitative estimate of drug-likeness (QED) is 0.618. The van der Waals surface area contributed by atoms with Crippen LogP contribution in [0.5, 0.6) is 0 Å². The topological polar surface area (TPSA) is 106 Å². The lowest BCUT2D eigenvalue weighted by molar-refractivity contribution is -0.389. The average Bonchev–Trinajstić information content (AvgIpc) is 2.41. The first-order valence-corrected chi connectivity index (χ1v) is 6.98. The van der Waals surface area contributed by atoms with Crippen LogP contribution in [0.15, 0.2) is 18.3 Å². The molecule has 0 radical (unpaired) electrons. The fraction of sp³-hybridized carbons (Fsp3) is 0.571. The number of hydrogen-bond acceptors (Lipinski definition) is 6. The fourth-order valence-corrected chi connectivity index (χ4v) is 1.53. The standard InChI is InChI=1S/C14H22N4O4/c1-10(8-17-13(19)22-14(2,3)4)7-15-11-5-6-12(16-9-11)18(20)21/h5-6,9-10,15H,7-8H2,1-4H3,(H,17,19). The van der Waals surface area contributed by atoms with E-state index in [2.05, 4.69) is 15.6 Å². The highest BCUT2D eigenvalue weighted by Gasteiger charge is 2.16. The van der Waals surface area contributed by atoms with Crippen LogP contribution in [0.3, 0.4) is 0 Å². The van der Waals surface area contributed by atoms with Gasteiger partial charge in [0, 0.05) is 19.2 Å². The Kier molecular flexibility index (Phi) is 6.09. The summed E-state index contributed by atoms with van der Waals surface area (Å²) in [6, 6.07) is 2.94. The number of pyridine rings is 1. The number of carbonyl (C=O) groups excluding carboxylic acids is 1. The third-order valence-corrected chi connectivity index (χ3v) is 2.58. The lowest BCUT2D eigenvalue weighted by Crippen LogP contribution is -2.36. The number of rotatable bonds is 6. The van der Waals surface area contributed by atoms with E-state index in [-0.39, 0.29) is 11.7 Å². The molecule has 2 N–H and O–H groups in total. The lowest BCUT2D eigenvalue weighted by Gasteiger charge is -2.21. The first-order valence-electron chi connectivity index (χ1n) is 6.98. The number of alkyl carbamates (subject to hydrolysis) is 1. The highest BCUT2D eigenvalue weighted by Crippen LogP contribution is 2.12. The van der Waals surface area contributed by atoms with Crippen molar-refractivity contribution in [2.45, 2.75) is 33.3 Å². The molecule has 0 spiro atoms. The molecule has 0 saturated heterocycles. The van der Waals surface area contributed by atoms with Crippen molar-refractivity contribution in [1.82, 2.24) is 10.3 Å². The predicted molar refractivity (Wildman–Crippen MR) is 82.8 cm³/mol. The summed E-state index contributed by atoms with van der Waals surface area (Å²) in [4.78, 5) is 25.2. The number of nitrogens with one attached hydrogen (secondary N) is 2. The van der Waals surface area contributed by atoms with E-state index in [1.807, 2.05) is 6.92 Å². The van der Waals surface area contributed by atoms with E-state index in [0.717, 1.165) is 0 Å². The van der Waals surface area contributed by atoms with Gasteiger partial charge in [0.2, 0.25) is 0 Å². The summed E-state index contributed by atoms with van der Waals surface area (Å²) in [5.74, 6) is -0.0344. The molecule has 8 heteroatoms. The first-order chi connectivity index (χ1) is 10.2. The van der Waals surface area contributed by atoms with Crippen LogP contribution in [0.2, 0.25) is 0 Å². The maximum atomic E-state index is 11.5. The molecular weight excluding hydrogens is 288 g/mol. The van der Waals surface area contributed by atoms with Crippen LogP contribution in [0, 0.1) is 16.0 Å². The minimum absolute atomic E-state index is 0.155. The van der Waals surface area contributed by atoms with E-state index >= 15 is 0 Å². The van der Waals surface area contributed by atoms with Gasteiger partial charge in [-0.1, -0.05) is 6.92 Å². The molecule has 0 bridgehead atoms. The Morgan fingerprint density at radius 1 is 1.41 bits per heavy atom. The van der Waals surface area contributed by atoms with Gasteiger partial charge in [-0.15, -0.1) is 0 Å². The Morgan fingerprint density at radius 2 is 2.09 bits per heavy atom. The first kappa shape index (κ1) is 17.7. The number of ether oxygens (including phenoxy) is 1. The smallest absolute Gasteiger partial charge is 0.407 e. The molecule has 0 aliphatic rings. The molecule has 0 aliphatic carbocycles. The van der Waals surface area contributed by atoms with E-state index in [1.54, 1.807) is 26.8 Å². The van der Waals surface area contributed by atoms with E-state index < -0.39 is 16.6 Å². The molecule has 1 aromatic rings. The van der Waals surface area contributed by atoms with Gasteiger partial charge in [-0.25, -0.2) is 4.79 Å². The molecular formula is C14H22N4O4. The van der Waals surface area contributed by atoms with E-state index in [0.29, 0.717) is 18.8 Å². The number of amides is 1. The van der Waals surface area contributed by atoms with Crippen LogP contribution in [0.25, 0.3) is 0 Å². The molecule has 1 unspecified atom stereocenters. The van der Waals surface area contributed by atoms with E-state index in [1.165, 1.54) is 12.3 Å². The van der Waals surface area contributed by atoms with Gasteiger partial charge in [-0.05, 0) is 42.7 Å². The molecule has 1 aromatic heterocycles. The van der Waals surface area contributed by atoms with Gasteiger partial charge < -0.3 is 25.5 Å². The zero-order valence-electron chi connectivity index (χ0n) is 13.3. The molecule has 0 saturated carbocycles. The van der Waals surface area contributed by atoms with Crippen LogP contribution in [-0.4, -0.2) is 34.7 Å². The summed E-state index contributed by atoms with van der Waals surface area (Å²) in [7, 11) is 0. The molecule has 1 heterocycles. The molecule has 22 heavy (non-hydrogen) atoms. The largest absolute Gasteiger partial charge is 0.444 e. The molecule has 1 rings (SSSR count). The van der Waals surface area contributed by atoms with Gasteiger partial charge in [-0.3, -0.25) is 0 Å². The van der Waals surface area contributed by atoms with Gasteiger partial charge in [0.1, 0.15) is 5.60 Å². The van der Waals surface area contributed by atoms with Gasteiger partial charge in [0.05, 0.1) is 5.69 Å². The Bertz CT molecular complexity index is 511. The Labute approximate surface area is 129 Å². The third-order valence-electron chi connectivity index (χ3n) is 2.58. The second-order valence-electron chi connectivity index (χ2n) is 6.03. The number of carbonyl (C=O) groups is 1. The van der Waals surface area contributed by atoms with Crippen molar-refractivity contribution in [2.24, 2.45) is 5.92 Å². The number of nitro groups is 1. The second kappa shape index (κ2) is 7.58. The molecule has 1 atom stereocenters. The zero-order chi connectivity index (χ0) is 16.8. The van der Waals surface area contributed by atoms with Gasteiger partial charge in [-0.2, -0.15) is 0 Å². The molecule has 1 amide bonds. The van der Waals surface area contributed by atoms with Crippen molar-refractivity contribution < 1.29 is 14.5 Å². The maximum absolute atomic E-state index is 11.5. The highest BCUT2D eigenvalue weighted by molar-refractivity contribution is 5.67. The van der Waals surface area contributed by atoms with Gasteiger partial charge in [0.25, 0.3) is 0 Å². The predicted octanol–water partition coefficient (Wildman–Crippen LogP) is 2.56. The van der Waals surface area contributed by atoms with Crippen LogP contribution < -0.4 is 10.6 Å². The van der Waals surface area contributed by atoms with Crippen LogP contribution >= 0.6 is 0 Å². The van der Waals surface area contributed by atoms with Crippen molar-refractivity contribution in [2.75, 3.05) is 18.4 Å². The molecule has 0 aliphatic heterocycles. The SMILES string of the molecule is CC(CNC(=O)OC(C)(C)C)CNc1ccc([N+](=O)[O-])nc1. The number of anilines is 1. The monoisotopic (exact) mass is 310 g/mol. The number of nitrogens with zero attached hydrogens (tertiary/aromatic N) is 2. The normalized spacial score (nSPS) is 12.4. The highest BCUT2D eigenvalue weighted by atomic mass is 16.6. The zero-order valence-corrected chi connectivity index (χ0v) is 13.3. The Balaban J connectivity index is 2.32. The van der Waals surface area contributed by atoms with Crippen molar-refractivity contribution in [3.05, 3.63) is 28.4 Å². The average molecular weight is 310 g/mol. The van der Waals surface area contributed by atoms with Gasteiger partial charge >= 0.3 is 11.9 Å². The summed E-state index contributed by atoms with van der Waals surface area (Å²) in [5, 5.41) is 16.3. The third kappa shape index (κ3) is 6.87. The molecule has 122 valence electrons. The Morgan fingerprint density at radius 3 is 2.59 bits per heavy atom. The minimum Gasteiger partial charge on any atom is -0.444 e. The molecule has 0 fully saturated rings. The molecule has 8 nitrogen and oxygen atoms in total. The van der Waals surface area contributed by atoms with E-state index in [9.17, 15) is 14.9 Å². The lowest BCUT2D eigenvalue weighted by atomic mass is 10.2. The second-order valence-corrected chi connectivity index (χ2v) is 6.03. The number of aromatic nitrogens is 1. The molecule has 0 aromatic carbocycles. The van der Waals surface area contributed by atoms with E-state index in [4.69, 9.17) is 4.74 Å². The van der Waals surface area contributed by atoms with Crippen molar-refractivity contribution >= 4 is 17.6 Å². The Hall–Kier alpha value is -2.38. The maximum Gasteiger partial charge on any atom is 0.407 e. The minimum atomic E-state index is -0.544. The van der Waals surface area contributed by atoms with Crippen molar-refractivity contribution in [3.63, 3.8) is 0 Å².